The van der Waals surface area contributed by atoms with Gasteiger partial charge in [-0.3, -0.25) is 4.79 Å². The molecule has 0 saturated heterocycles. The van der Waals surface area contributed by atoms with Gasteiger partial charge in [0, 0.05) is 18.5 Å². The molecule has 1 aliphatic heterocycles. The third-order valence-electron chi connectivity index (χ3n) is 5.42. The first-order valence-corrected chi connectivity index (χ1v) is 9.70. The summed E-state index contributed by atoms with van der Waals surface area (Å²) in [6.07, 6.45) is -2.64. The molecule has 164 valence electrons. The maximum atomic E-state index is 13.0. The number of oxazole rings is 1. The van der Waals surface area contributed by atoms with Gasteiger partial charge in [-0.1, -0.05) is 0 Å². The molecule has 1 aromatic carbocycles. The zero-order chi connectivity index (χ0) is 22.6. The Hall–Kier alpha value is -3.89. The fraction of sp³-hybridized carbons (Fsp3) is 0.238. The van der Waals surface area contributed by atoms with E-state index in [9.17, 15) is 23.1 Å². The lowest BCUT2D eigenvalue weighted by molar-refractivity contribution is -0.137. The van der Waals surface area contributed by atoms with Crippen molar-refractivity contribution in [2.24, 2.45) is 0 Å². The van der Waals surface area contributed by atoms with Crippen molar-refractivity contribution in [2.45, 2.75) is 26.1 Å². The Labute approximate surface area is 178 Å². The molecule has 0 radical (unpaired) electrons. The van der Waals surface area contributed by atoms with Gasteiger partial charge in [-0.05, 0) is 36.8 Å². The Bertz CT molecular complexity index is 1390. The number of aromatic amines is 1. The average molecular weight is 443 g/mol. The van der Waals surface area contributed by atoms with E-state index in [0.717, 1.165) is 11.8 Å². The van der Waals surface area contributed by atoms with Gasteiger partial charge in [-0.15, -0.1) is 0 Å². The van der Waals surface area contributed by atoms with Crippen LogP contribution in [0, 0.1) is 6.92 Å². The van der Waals surface area contributed by atoms with Gasteiger partial charge in [-0.25, -0.2) is 9.97 Å². The van der Waals surface area contributed by atoms with E-state index in [1.54, 1.807) is 17.0 Å². The van der Waals surface area contributed by atoms with E-state index in [2.05, 4.69) is 19.9 Å². The van der Waals surface area contributed by atoms with Crippen LogP contribution in [0.25, 0.3) is 22.5 Å². The zero-order valence-corrected chi connectivity index (χ0v) is 16.7. The van der Waals surface area contributed by atoms with Crippen LogP contribution in [0.5, 0.6) is 5.75 Å². The van der Waals surface area contributed by atoms with E-state index in [1.165, 1.54) is 13.3 Å². The van der Waals surface area contributed by atoms with Crippen molar-refractivity contribution in [2.75, 3.05) is 11.4 Å². The maximum Gasteiger partial charge on any atom is 0.416 e. The molecule has 0 saturated carbocycles. The van der Waals surface area contributed by atoms with E-state index in [4.69, 9.17) is 4.42 Å². The van der Waals surface area contributed by atoms with Gasteiger partial charge in [-0.2, -0.15) is 18.2 Å². The molecule has 0 spiro atoms. The number of halogens is 3. The predicted octanol–water partition coefficient (Wildman–Crippen LogP) is 3.57. The Balaban J connectivity index is 1.51. The van der Waals surface area contributed by atoms with Crippen molar-refractivity contribution in [1.82, 2.24) is 19.9 Å². The van der Waals surface area contributed by atoms with Crippen LogP contribution >= 0.6 is 0 Å². The number of phenols is 1. The number of aromatic nitrogens is 4. The van der Waals surface area contributed by atoms with Crippen LogP contribution in [-0.4, -0.2) is 31.6 Å². The van der Waals surface area contributed by atoms with Crippen molar-refractivity contribution in [3.8, 4) is 17.0 Å². The number of aryl methyl sites for hydroxylation is 1. The lowest BCUT2D eigenvalue weighted by Crippen LogP contribution is -2.35. The smallest absolute Gasteiger partial charge is 0.416 e. The summed E-state index contributed by atoms with van der Waals surface area (Å²) in [5, 5.41) is 10.3. The van der Waals surface area contributed by atoms with E-state index in [0.29, 0.717) is 30.2 Å². The number of phenolic OH excluding ortho intramolecular Hbond substituents is 1. The number of alkyl halides is 3. The molecule has 3 aromatic heterocycles. The molecule has 1 aliphatic rings. The van der Waals surface area contributed by atoms with Gasteiger partial charge in [0.2, 0.25) is 5.65 Å². The highest BCUT2D eigenvalue weighted by Crippen LogP contribution is 2.39. The number of pyridine rings is 1. The lowest BCUT2D eigenvalue weighted by atomic mass is 10.0. The van der Waals surface area contributed by atoms with Crippen molar-refractivity contribution in [3.63, 3.8) is 0 Å². The first-order valence-electron chi connectivity index (χ1n) is 9.70. The van der Waals surface area contributed by atoms with Gasteiger partial charge in [0.25, 0.3) is 11.6 Å². The number of hydrogen-bond donors (Lipinski definition) is 2. The molecule has 0 unspecified atom stereocenters. The number of hydrogen-bond acceptors (Lipinski definition) is 7. The second kappa shape index (κ2) is 7.08. The van der Waals surface area contributed by atoms with Crippen LogP contribution in [0.4, 0.5) is 19.2 Å². The summed E-state index contributed by atoms with van der Waals surface area (Å²) in [4.78, 5) is 29.4. The number of benzene rings is 1. The largest absolute Gasteiger partial charge is 0.507 e. The second-order valence-electron chi connectivity index (χ2n) is 7.53. The summed E-state index contributed by atoms with van der Waals surface area (Å²) in [7, 11) is 0. The SMILES string of the molecule is Cc1cc(C(F)(F)F)cc(O)c1-c1ccc2oc(N3CCc4nc[nH]c(=O)c4C3)nc2n1. The maximum absolute atomic E-state index is 13.0. The molecule has 2 N–H and O–H groups in total. The minimum Gasteiger partial charge on any atom is -0.507 e. The fourth-order valence-electron chi connectivity index (χ4n) is 3.86. The number of H-pyrrole nitrogens is 1. The molecule has 8 nitrogen and oxygen atoms in total. The van der Waals surface area contributed by atoms with E-state index >= 15 is 0 Å². The molecular formula is C21H16F3N5O3. The number of aromatic hydroxyl groups is 1. The lowest BCUT2D eigenvalue weighted by Gasteiger charge is -2.25. The standard InChI is InChI=1S/C21H16F3N5O3/c1-10-6-11(21(22,23)24)7-15(30)17(10)14-2-3-16-18(27-14)28-20(32-16)29-5-4-13-12(8-29)19(31)26-9-25-13/h2-3,6-7,9,30H,4-5,8H2,1H3,(H,25,26,31). The van der Waals surface area contributed by atoms with Gasteiger partial charge < -0.3 is 19.4 Å². The van der Waals surface area contributed by atoms with E-state index in [-0.39, 0.29) is 40.6 Å². The Morgan fingerprint density at radius 2 is 2.03 bits per heavy atom. The molecule has 32 heavy (non-hydrogen) atoms. The quantitative estimate of drug-likeness (QED) is 0.488. The van der Waals surface area contributed by atoms with Crippen LogP contribution < -0.4 is 10.5 Å². The predicted molar refractivity (Wildman–Crippen MR) is 108 cm³/mol. The first kappa shape index (κ1) is 20.0. The van der Waals surface area contributed by atoms with Crippen LogP contribution in [0.2, 0.25) is 0 Å². The molecule has 11 heteroatoms. The van der Waals surface area contributed by atoms with Crippen LogP contribution in [-0.2, 0) is 19.1 Å². The van der Waals surface area contributed by atoms with Gasteiger partial charge in [0.05, 0.1) is 35.4 Å². The molecular weight excluding hydrogens is 427 g/mol. The van der Waals surface area contributed by atoms with Gasteiger partial charge >= 0.3 is 6.18 Å². The van der Waals surface area contributed by atoms with Crippen LogP contribution in [0.3, 0.4) is 0 Å². The molecule has 0 aliphatic carbocycles. The molecule has 0 atom stereocenters. The molecule has 5 rings (SSSR count). The van der Waals surface area contributed by atoms with Crippen molar-refractivity contribution in [1.29, 1.82) is 0 Å². The fourth-order valence-corrected chi connectivity index (χ4v) is 3.86. The van der Waals surface area contributed by atoms with Crippen molar-refractivity contribution in [3.05, 3.63) is 63.3 Å². The average Bonchev–Trinajstić information content (AvgIpc) is 3.16. The van der Waals surface area contributed by atoms with E-state index in [1.807, 2.05) is 0 Å². The monoisotopic (exact) mass is 443 g/mol. The molecule has 0 bridgehead atoms. The number of nitrogens with zero attached hydrogens (tertiary/aromatic N) is 4. The summed E-state index contributed by atoms with van der Waals surface area (Å²) >= 11 is 0. The van der Waals surface area contributed by atoms with Gasteiger partial charge in [0.1, 0.15) is 5.75 Å². The highest BCUT2D eigenvalue weighted by Gasteiger charge is 2.32. The Kier molecular flexibility index (Phi) is 4.43. The first-order chi connectivity index (χ1) is 15.2. The van der Waals surface area contributed by atoms with E-state index < -0.39 is 17.5 Å². The highest BCUT2D eigenvalue weighted by atomic mass is 19.4. The summed E-state index contributed by atoms with van der Waals surface area (Å²) in [6.45, 7) is 2.29. The highest BCUT2D eigenvalue weighted by molar-refractivity contribution is 5.78. The molecule has 4 aromatic rings. The number of rotatable bonds is 2. The van der Waals surface area contributed by atoms with Gasteiger partial charge in [0.15, 0.2) is 5.58 Å². The summed E-state index contributed by atoms with van der Waals surface area (Å²) in [6, 6.07) is 5.06. The minimum absolute atomic E-state index is 0.189. The van der Waals surface area contributed by atoms with Crippen molar-refractivity contribution < 1.29 is 22.7 Å². The molecule has 4 heterocycles. The van der Waals surface area contributed by atoms with Crippen LogP contribution in [0.1, 0.15) is 22.4 Å². The number of anilines is 1. The Morgan fingerprint density at radius 1 is 1.22 bits per heavy atom. The normalized spacial score (nSPS) is 14.1. The summed E-state index contributed by atoms with van der Waals surface area (Å²) in [5.74, 6) is -0.521. The summed E-state index contributed by atoms with van der Waals surface area (Å²) in [5.41, 5.74) is 1.42. The molecule has 0 fully saturated rings. The minimum atomic E-state index is -4.57. The third-order valence-corrected chi connectivity index (χ3v) is 5.42. The third kappa shape index (κ3) is 3.35. The number of nitrogens with one attached hydrogen (secondary N) is 1. The Morgan fingerprint density at radius 3 is 2.78 bits per heavy atom. The molecule has 0 amide bonds. The number of fused-ring (bicyclic) bond motifs is 2. The van der Waals surface area contributed by atoms with Crippen LogP contribution in [0.15, 0.2) is 39.8 Å². The zero-order valence-electron chi connectivity index (χ0n) is 16.7. The second-order valence-corrected chi connectivity index (χ2v) is 7.53. The topological polar surface area (TPSA) is 108 Å². The summed E-state index contributed by atoms with van der Waals surface area (Å²) < 4.78 is 44.8. The van der Waals surface area contributed by atoms with Crippen molar-refractivity contribution >= 4 is 17.2 Å².